The van der Waals surface area contributed by atoms with Crippen LogP contribution < -0.4 is 0 Å². The maximum Gasteiger partial charge on any atom is 0.341 e. The van der Waals surface area contributed by atoms with Gasteiger partial charge in [-0.1, -0.05) is 30.3 Å². The first-order chi connectivity index (χ1) is 11.0. The first-order valence-electron chi connectivity index (χ1n) is 6.78. The van der Waals surface area contributed by atoms with Crippen molar-refractivity contribution in [1.82, 2.24) is 0 Å². The first kappa shape index (κ1) is 16.6. The molecule has 0 aromatic heterocycles. The fourth-order valence-electron chi connectivity index (χ4n) is 2.02. The molecule has 0 bridgehead atoms. The Balaban J connectivity index is 2.14. The molecule has 2 rings (SSSR count). The Labute approximate surface area is 131 Å². The number of carbonyl (C=O) groups is 2. The number of hydrogen-bond donors (Lipinski definition) is 0. The molecule has 0 saturated carbocycles. The molecule has 4 nitrogen and oxygen atoms in total. The third-order valence-corrected chi connectivity index (χ3v) is 3.22. The molecule has 2 aromatic rings. The van der Waals surface area contributed by atoms with Gasteiger partial charge in [-0.15, -0.1) is 0 Å². The SMILES string of the molecule is COC(=O)[C@H](COC(=O)c1cc(F)ccc1F)c1ccccc1. The Bertz CT molecular complexity index is 701. The van der Waals surface area contributed by atoms with Gasteiger partial charge in [-0.25, -0.2) is 13.6 Å². The third kappa shape index (κ3) is 4.12. The molecule has 0 aliphatic rings. The van der Waals surface area contributed by atoms with E-state index >= 15 is 0 Å². The Morgan fingerprint density at radius 1 is 1.09 bits per heavy atom. The van der Waals surface area contributed by atoms with Gasteiger partial charge in [0, 0.05) is 0 Å². The smallest absolute Gasteiger partial charge is 0.341 e. The first-order valence-corrected chi connectivity index (χ1v) is 6.78. The number of benzene rings is 2. The fourth-order valence-corrected chi connectivity index (χ4v) is 2.02. The molecule has 0 unspecified atom stereocenters. The van der Waals surface area contributed by atoms with E-state index in [0.717, 1.165) is 18.2 Å². The minimum atomic E-state index is -1.05. The van der Waals surface area contributed by atoms with Crippen LogP contribution in [0, 0.1) is 11.6 Å². The molecule has 0 saturated heterocycles. The van der Waals surface area contributed by atoms with E-state index in [1.165, 1.54) is 7.11 Å². The molecule has 0 N–H and O–H groups in total. The van der Waals surface area contributed by atoms with E-state index in [1.807, 2.05) is 0 Å². The van der Waals surface area contributed by atoms with E-state index in [4.69, 9.17) is 4.74 Å². The highest BCUT2D eigenvalue weighted by Crippen LogP contribution is 2.19. The van der Waals surface area contributed by atoms with Crippen LogP contribution in [0.15, 0.2) is 48.5 Å². The van der Waals surface area contributed by atoms with Crippen LogP contribution in [0.1, 0.15) is 21.8 Å². The highest BCUT2D eigenvalue weighted by molar-refractivity contribution is 5.90. The number of esters is 2. The molecule has 2 aromatic carbocycles. The zero-order valence-electron chi connectivity index (χ0n) is 12.3. The van der Waals surface area contributed by atoms with Crippen LogP contribution in [0.2, 0.25) is 0 Å². The maximum absolute atomic E-state index is 13.5. The van der Waals surface area contributed by atoms with E-state index < -0.39 is 35.1 Å². The molecule has 0 fully saturated rings. The standard InChI is InChI=1S/C17H14F2O4/c1-22-16(20)14(11-5-3-2-4-6-11)10-23-17(21)13-9-12(18)7-8-15(13)19/h2-9,14H,10H2,1H3/t14-/m1/s1. The topological polar surface area (TPSA) is 52.6 Å². The number of carbonyl (C=O) groups excluding carboxylic acids is 2. The van der Waals surface area contributed by atoms with E-state index in [-0.39, 0.29) is 6.61 Å². The average molecular weight is 320 g/mol. The second-order valence-corrected chi connectivity index (χ2v) is 4.71. The summed E-state index contributed by atoms with van der Waals surface area (Å²) in [5.74, 6) is -4.14. The van der Waals surface area contributed by atoms with Crippen LogP contribution in [0.3, 0.4) is 0 Å². The largest absolute Gasteiger partial charge is 0.468 e. The van der Waals surface area contributed by atoms with Gasteiger partial charge in [0.05, 0.1) is 12.7 Å². The van der Waals surface area contributed by atoms with E-state index in [0.29, 0.717) is 5.56 Å². The molecule has 0 amide bonds. The fraction of sp³-hybridized carbons (Fsp3) is 0.176. The molecule has 6 heteroatoms. The predicted octanol–water partition coefficient (Wildman–Crippen LogP) is 3.08. The van der Waals surface area contributed by atoms with Gasteiger partial charge < -0.3 is 9.47 Å². The third-order valence-electron chi connectivity index (χ3n) is 3.22. The number of ether oxygens (including phenoxy) is 2. The van der Waals surface area contributed by atoms with Crippen molar-refractivity contribution in [3.05, 3.63) is 71.3 Å². The minimum Gasteiger partial charge on any atom is -0.468 e. The van der Waals surface area contributed by atoms with Gasteiger partial charge in [0.1, 0.15) is 24.2 Å². The summed E-state index contributed by atoms with van der Waals surface area (Å²) in [5.41, 5.74) is 0.0635. The monoisotopic (exact) mass is 320 g/mol. The van der Waals surface area contributed by atoms with Gasteiger partial charge in [-0.3, -0.25) is 4.79 Å². The Morgan fingerprint density at radius 2 is 1.78 bits per heavy atom. The van der Waals surface area contributed by atoms with Crippen molar-refractivity contribution in [1.29, 1.82) is 0 Å². The number of rotatable bonds is 5. The van der Waals surface area contributed by atoms with Crippen LogP contribution in [0.25, 0.3) is 0 Å². The highest BCUT2D eigenvalue weighted by Gasteiger charge is 2.24. The molecule has 120 valence electrons. The summed E-state index contributed by atoms with van der Waals surface area (Å²) in [4.78, 5) is 23.7. The number of methoxy groups -OCH3 is 1. The Morgan fingerprint density at radius 3 is 2.43 bits per heavy atom. The minimum absolute atomic E-state index is 0.342. The lowest BCUT2D eigenvalue weighted by molar-refractivity contribution is -0.143. The van der Waals surface area contributed by atoms with Gasteiger partial charge in [-0.2, -0.15) is 0 Å². The van der Waals surface area contributed by atoms with Gasteiger partial charge in [0.25, 0.3) is 0 Å². The number of halogens is 2. The molecule has 0 heterocycles. The molecular weight excluding hydrogens is 306 g/mol. The van der Waals surface area contributed by atoms with Crippen LogP contribution in [0.5, 0.6) is 0 Å². The molecule has 0 aliphatic heterocycles. The van der Waals surface area contributed by atoms with Crippen molar-refractivity contribution < 1.29 is 27.8 Å². The summed E-state index contributed by atoms with van der Waals surface area (Å²) in [6.45, 7) is -0.342. The van der Waals surface area contributed by atoms with Gasteiger partial charge in [0.2, 0.25) is 0 Å². The van der Waals surface area contributed by atoms with Gasteiger partial charge in [0.15, 0.2) is 0 Å². The summed E-state index contributed by atoms with van der Waals surface area (Å²) in [6, 6.07) is 11.0. The zero-order chi connectivity index (χ0) is 16.8. The molecule has 23 heavy (non-hydrogen) atoms. The summed E-state index contributed by atoms with van der Waals surface area (Å²) in [6.07, 6.45) is 0. The lowest BCUT2D eigenvalue weighted by Gasteiger charge is -2.15. The average Bonchev–Trinajstić information content (AvgIpc) is 2.57. The van der Waals surface area contributed by atoms with Crippen molar-refractivity contribution in [2.75, 3.05) is 13.7 Å². The molecule has 0 aliphatic carbocycles. The summed E-state index contributed by atoms with van der Waals surface area (Å²) < 4.78 is 36.3. The Kier molecular flexibility index (Phi) is 5.41. The van der Waals surface area contributed by atoms with Crippen LogP contribution >= 0.6 is 0 Å². The molecule has 0 spiro atoms. The Hall–Kier alpha value is -2.76. The summed E-state index contributed by atoms with van der Waals surface area (Å²) in [7, 11) is 1.21. The van der Waals surface area contributed by atoms with Gasteiger partial charge in [-0.05, 0) is 23.8 Å². The van der Waals surface area contributed by atoms with Crippen molar-refractivity contribution >= 4 is 11.9 Å². The lowest BCUT2D eigenvalue weighted by atomic mass is 10.0. The molecule has 1 atom stereocenters. The lowest BCUT2D eigenvalue weighted by Crippen LogP contribution is -2.22. The van der Waals surface area contributed by atoms with Crippen molar-refractivity contribution in [2.24, 2.45) is 0 Å². The van der Waals surface area contributed by atoms with Crippen LogP contribution in [-0.4, -0.2) is 25.7 Å². The summed E-state index contributed by atoms with van der Waals surface area (Å²) in [5, 5.41) is 0. The maximum atomic E-state index is 13.5. The quantitative estimate of drug-likeness (QED) is 0.795. The van der Waals surface area contributed by atoms with Crippen molar-refractivity contribution in [2.45, 2.75) is 5.92 Å². The van der Waals surface area contributed by atoms with Crippen molar-refractivity contribution in [3.63, 3.8) is 0 Å². The van der Waals surface area contributed by atoms with Gasteiger partial charge >= 0.3 is 11.9 Å². The van der Waals surface area contributed by atoms with Crippen molar-refractivity contribution in [3.8, 4) is 0 Å². The van der Waals surface area contributed by atoms with E-state index in [9.17, 15) is 18.4 Å². The second kappa shape index (κ2) is 7.49. The van der Waals surface area contributed by atoms with Crippen LogP contribution in [-0.2, 0) is 14.3 Å². The van der Waals surface area contributed by atoms with E-state index in [1.54, 1.807) is 30.3 Å². The summed E-state index contributed by atoms with van der Waals surface area (Å²) >= 11 is 0. The van der Waals surface area contributed by atoms with E-state index in [2.05, 4.69) is 4.74 Å². The second-order valence-electron chi connectivity index (χ2n) is 4.71. The zero-order valence-corrected chi connectivity index (χ0v) is 12.3. The molecular formula is C17H14F2O4. The number of hydrogen-bond acceptors (Lipinski definition) is 4. The predicted molar refractivity (Wildman–Crippen MR) is 77.8 cm³/mol. The molecule has 0 radical (unpaired) electrons. The van der Waals surface area contributed by atoms with Crippen LogP contribution in [0.4, 0.5) is 8.78 Å². The normalized spacial score (nSPS) is 11.6. The highest BCUT2D eigenvalue weighted by atomic mass is 19.1.